The Labute approximate surface area is 89.1 Å². The van der Waals surface area contributed by atoms with Crippen molar-refractivity contribution in [2.24, 2.45) is 5.73 Å². The fourth-order valence-electron chi connectivity index (χ4n) is 1.52. The first kappa shape index (κ1) is 11.5. The molecule has 3 heteroatoms. The second kappa shape index (κ2) is 4.28. The molecule has 0 amide bonds. The van der Waals surface area contributed by atoms with Gasteiger partial charge in [-0.1, -0.05) is 37.6 Å². The van der Waals surface area contributed by atoms with E-state index in [4.69, 9.17) is 17.3 Å². The van der Waals surface area contributed by atoms with Gasteiger partial charge in [-0.3, -0.25) is 0 Å². The molecule has 0 unspecified atom stereocenters. The lowest BCUT2D eigenvalue weighted by atomic mass is 9.81. The van der Waals surface area contributed by atoms with E-state index in [0.29, 0.717) is 12.1 Å². The van der Waals surface area contributed by atoms with E-state index in [1.807, 2.05) is 13.8 Å². The molecule has 0 spiro atoms. The summed E-state index contributed by atoms with van der Waals surface area (Å²) in [6, 6.07) is 5.08. The highest BCUT2D eigenvalue weighted by Gasteiger charge is 2.24. The second-order valence-corrected chi connectivity index (χ2v) is 4.43. The van der Waals surface area contributed by atoms with E-state index in [2.05, 4.69) is 0 Å². The third-order valence-corrected chi connectivity index (χ3v) is 2.74. The van der Waals surface area contributed by atoms with Crippen LogP contribution in [0.15, 0.2) is 18.2 Å². The minimum absolute atomic E-state index is 0.174. The van der Waals surface area contributed by atoms with Gasteiger partial charge in [0.2, 0.25) is 0 Å². The van der Waals surface area contributed by atoms with Gasteiger partial charge in [0, 0.05) is 0 Å². The molecule has 1 rings (SSSR count). The smallest absolute Gasteiger partial charge is 0.145 e. The summed E-state index contributed by atoms with van der Waals surface area (Å²) in [5, 5.41) is 0.174. The van der Waals surface area contributed by atoms with Crippen molar-refractivity contribution in [3.63, 3.8) is 0 Å². The molecule has 0 heterocycles. The molecule has 0 bridgehead atoms. The van der Waals surface area contributed by atoms with E-state index in [0.717, 1.165) is 6.42 Å². The van der Waals surface area contributed by atoms with Crippen molar-refractivity contribution in [1.82, 2.24) is 0 Å². The van der Waals surface area contributed by atoms with Gasteiger partial charge in [0.15, 0.2) is 0 Å². The number of rotatable bonds is 3. The molecule has 0 saturated heterocycles. The quantitative estimate of drug-likeness (QED) is 0.824. The molecule has 0 saturated carbocycles. The zero-order valence-corrected chi connectivity index (χ0v) is 9.24. The van der Waals surface area contributed by atoms with Crippen LogP contribution in [0.4, 0.5) is 4.39 Å². The molecule has 0 aliphatic rings. The molecular formula is C11H15ClFN. The number of hydrogen-bond donors (Lipinski definition) is 1. The Kier molecular flexibility index (Phi) is 3.51. The van der Waals surface area contributed by atoms with Crippen molar-refractivity contribution in [3.8, 4) is 0 Å². The first-order valence-corrected chi connectivity index (χ1v) is 5.01. The summed E-state index contributed by atoms with van der Waals surface area (Å²) in [5.74, 6) is -0.326. The van der Waals surface area contributed by atoms with Gasteiger partial charge in [0.25, 0.3) is 0 Å². The summed E-state index contributed by atoms with van der Waals surface area (Å²) in [6.07, 6.45) is 0.740. The standard InChI is InChI=1S/C11H15ClFN/c1-11(2,6-7-14)8-4-3-5-9(12)10(8)13/h3-5H,6-7,14H2,1-2H3. The van der Waals surface area contributed by atoms with Crippen LogP contribution >= 0.6 is 11.6 Å². The second-order valence-electron chi connectivity index (χ2n) is 4.02. The predicted octanol–water partition coefficient (Wildman–Crippen LogP) is 3.11. The Balaban J connectivity index is 3.12. The van der Waals surface area contributed by atoms with E-state index < -0.39 is 0 Å². The Hall–Kier alpha value is -0.600. The van der Waals surface area contributed by atoms with Gasteiger partial charge >= 0.3 is 0 Å². The lowest BCUT2D eigenvalue weighted by molar-refractivity contribution is 0.456. The maximum Gasteiger partial charge on any atom is 0.145 e. The van der Waals surface area contributed by atoms with Crippen molar-refractivity contribution in [3.05, 3.63) is 34.6 Å². The first-order chi connectivity index (χ1) is 6.49. The third kappa shape index (κ3) is 2.25. The molecule has 1 nitrogen and oxygen atoms in total. The van der Waals surface area contributed by atoms with Gasteiger partial charge in [-0.25, -0.2) is 4.39 Å². The van der Waals surface area contributed by atoms with Crippen LogP contribution in [-0.4, -0.2) is 6.54 Å². The van der Waals surface area contributed by atoms with Crippen LogP contribution in [0.5, 0.6) is 0 Å². The van der Waals surface area contributed by atoms with E-state index in [-0.39, 0.29) is 16.3 Å². The average Bonchev–Trinajstić information content (AvgIpc) is 2.09. The fourth-order valence-corrected chi connectivity index (χ4v) is 1.70. The molecule has 0 fully saturated rings. The van der Waals surface area contributed by atoms with E-state index in [1.165, 1.54) is 0 Å². The predicted molar refractivity (Wildman–Crippen MR) is 58.1 cm³/mol. The van der Waals surface area contributed by atoms with Crippen LogP contribution in [0.25, 0.3) is 0 Å². The average molecular weight is 216 g/mol. The van der Waals surface area contributed by atoms with Crippen LogP contribution in [0.1, 0.15) is 25.8 Å². The molecule has 78 valence electrons. The monoisotopic (exact) mass is 215 g/mol. The fraction of sp³-hybridized carbons (Fsp3) is 0.455. The van der Waals surface area contributed by atoms with Crippen molar-refractivity contribution >= 4 is 11.6 Å². The lowest BCUT2D eigenvalue weighted by Gasteiger charge is -2.25. The molecule has 0 atom stereocenters. The normalized spacial score (nSPS) is 11.8. The number of halogens is 2. The maximum absolute atomic E-state index is 13.6. The molecule has 0 aromatic heterocycles. The number of nitrogens with two attached hydrogens (primary N) is 1. The first-order valence-electron chi connectivity index (χ1n) is 4.63. The van der Waals surface area contributed by atoms with Crippen LogP contribution < -0.4 is 5.73 Å². The van der Waals surface area contributed by atoms with Crippen LogP contribution in [-0.2, 0) is 5.41 Å². The van der Waals surface area contributed by atoms with Crippen molar-refractivity contribution in [2.45, 2.75) is 25.7 Å². The van der Waals surface area contributed by atoms with Crippen LogP contribution in [0, 0.1) is 5.82 Å². The summed E-state index contributed by atoms with van der Waals surface area (Å²) in [7, 11) is 0. The summed E-state index contributed by atoms with van der Waals surface area (Å²) < 4.78 is 13.6. The summed E-state index contributed by atoms with van der Waals surface area (Å²) in [5.41, 5.74) is 5.86. The topological polar surface area (TPSA) is 26.0 Å². The minimum Gasteiger partial charge on any atom is -0.330 e. The molecule has 14 heavy (non-hydrogen) atoms. The Morgan fingerprint density at radius 2 is 2.07 bits per heavy atom. The van der Waals surface area contributed by atoms with Crippen molar-refractivity contribution < 1.29 is 4.39 Å². The minimum atomic E-state index is -0.326. The van der Waals surface area contributed by atoms with E-state index >= 15 is 0 Å². The Morgan fingerprint density at radius 1 is 1.43 bits per heavy atom. The van der Waals surface area contributed by atoms with Gasteiger partial charge < -0.3 is 5.73 Å². The molecule has 0 aliphatic heterocycles. The summed E-state index contributed by atoms with van der Waals surface area (Å²) in [4.78, 5) is 0. The molecule has 1 aromatic rings. The van der Waals surface area contributed by atoms with Gasteiger partial charge in [-0.15, -0.1) is 0 Å². The molecular weight excluding hydrogens is 201 g/mol. The molecule has 1 aromatic carbocycles. The van der Waals surface area contributed by atoms with Gasteiger partial charge in [0.05, 0.1) is 5.02 Å². The SMILES string of the molecule is CC(C)(CCN)c1cccc(Cl)c1F. The van der Waals surface area contributed by atoms with Gasteiger partial charge in [0.1, 0.15) is 5.82 Å². The Bertz CT molecular complexity index is 323. The van der Waals surface area contributed by atoms with E-state index in [1.54, 1.807) is 18.2 Å². The van der Waals surface area contributed by atoms with E-state index in [9.17, 15) is 4.39 Å². The molecule has 2 N–H and O–H groups in total. The van der Waals surface area contributed by atoms with Crippen LogP contribution in [0.2, 0.25) is 5.02 Å². The molecule has 0 aliphatic carbocycles. The zero-order valence-electron chi connectivity index (χ0n) is 8.48. The van der Waals surface area contributed by atoms with Gasteiger partial charge in [-0.2, -0.15) is 0 Å². The van der Waals surface area contributed by atoms with Crippen molar-refractivity contribution in [1.29, 1.82) is 0 Å². The molecule has 0 radical (unpaired) electrons. The van der Waals surface area contributed by atoms with Crippen molar-refractivity contribution in [2.75, 3.05) is 6.54 Å². The lowest BCUT2D eigenvalue weighted by Crippen LogP contribution is -2.23. The van der Waals surface area contributed by atoms with Crippen LogP contribution in [0.3, 0.4) is 0 Å². The summed E-state index contributed by atoms with van der Waals surface area (Å²) in [6.45, 7) is 4.47. The third-order valence-electron chi connectivity index (χ3n) is 2.45. The highest BCUT2D eigenvalue weighted by Crippen LogP contribution is 2.31. The van der Waals surface area contributed by atoms with Gasteiger partial charge in [-0.05, 0) is 30.0 Å². The number of hydrogen-bond acceptors (Lipinski definition) is 1. The number of benzene rings is 1. The largest absolute Gasteiger partial charge is 0.330 e. The maximum atomic E-state index is 13.6. The zero-order chi connectivity index (χ0) is 10.8. The highest BCUT2D eigenvalue weighted by molar-refractivity contribution is 6.30. The Morgan fingerprint density at radius 3 is 2.64 bits per heavy atom. The summed E-state index contributed by atoms with van der Waals surface area (Å²) >= 11 is 5.71. The highest BCUT2D eigenvalue weighted by atomic mass is 35.5.